The summed E-state index contributed by atoms with van der Waals surface area (Å²) in [6, 6.07) is 5.92. The van der Waals surface area contributed by atoms with Crippen molar-refractivity contribution in [3.8, 4) is 0 Å². The molecule has 3 aliphatic rings. The zero-order chi connectivity index (χ0) is 23.9. The molecule has 2 fully saturated rings. The maximum atomic E-state index is 5.93. The molecule has 0 amide bonds. The first-order valence-corrected chi connectivity index (χ1v) is 12.7. The monoisotopic (exact) mass is 473 g/mol. The third-order valence-electron chi connectivity index (χ3n) is 6.69. The van der Waals surface area contributed by atoms with Crippen LogP contribution in [0.4, 0.5) is 5.82 Å². The number of nitrogens with zero attached hydrogens (tertiary/aromatic N) is 5. The van der Waals surface area contributed by atoms with Gasteiger partial charge < -0.3 is 26.3 Å². The maximum absolute atomic E-state index is 5.93. The summed E-state index contributed by atoms with van der Waals surface area (Å²) in [6.45, 7) is 6.56. The molecule has 0 aliphatic carbocycles. The third-order valence-corrected chi connectivity index (χ3v) is 6.69. The molecule has 5 heterocycles. The zero-order valence-corrected chi connectivity index (χ0v) is 20.2. The van der Waals surface area contributed by atoms with E-state index in [0.717, 1.165) is 66.4 Å². The van der Waals surface area contributed by atoms with Crippen LogP contribution in [-0.4, -0.2) is 65.3 Å². The van der Waals surface area contributed by atoms with E-state index in [0.29, 0.717) is 0 Å². The summed E-state index contributed by atoms with van der Waals surface area (Å²) in [6.07, 6.45) is 15.6. The van der Waals surface area contributed by atoms with Crippen molar-refractivity contribution in [1.82, 2.24) is 30.6 Å². The SMILES string of the molecule is NC=C(C=NCCCN1CCCC1)c1cnc2ccc(NC3=CC(N4CCCC4)=CNN3)nc2c1. The van der Waals surface area contributed by atoms with E-state index in [1.807, 2.05) is 36.8 Å². The van der Waals surface area contributed by atoms with Gasteiger partial charge in [-0.05, 0) is 69.9 Å². The molecule has 0 aromatic carbocycles. The lowest BCUT2D eigenvalue weighted by atomic mass is 10.1. The van der Waals surface area contributed by atoms with Crippen molar-refractivity contribution in [2.75, 3.05) is 44.6 Å². The number of nitrogens with two attached hydrogens (primary N) is 1. The molecule has 9 heteroatoms. The van der Waals surface area contributed by atoms with Crippen molar-refractivity contribution in [1.29, 1.82) is 0 Å². The first kappa shape index (κ1) is 23.2. The van der Waals surface area contributed by atoms with Gasteiger partial charge in [0.1, 0.15) is 11.6 Å². The average molecular weight is 474 g/mol. The second-order valence-corrected chi connectivity index (χ2v) is 9.23. The second kappa shape index (κ2) is 11.2. The number of allylic oxidation sites excluding steroid dienone is 2. The van der Waals surface area contributed by atoms with Crippen molar-refractivity contribution in [3.05, 3.63) is 60.0 Å². The maximum Gasteiger partial charge on any atom is 0.132 e. The normalized spacial score (nSPS) is 19.1. The fourth-order valence-electron chi connectivity index (χ4n) is 4.78. The summed E-state index contributed by atoms with van der Waals surface area (Å²) in [4.78, 5) is 18.9. The molecule has 0 unspecified atom stereocenters. The molecule has 2 saturated heterocycles. The van der Waals surface area contributed by atoms with Gasteiger partial charge >= 0.3 is 0 Å². The Balaban J connectivity index is 1.24. The van der Waals surface area contributed by atoms with Crippen molar-refractivity contribution >= 4 is 28.6 Å². The van der Waals surface area contributed by atoms with Crippen LogP contribution in [0.15, 0.2) is 59.4 Å². The van der Waals surface area contributed by atoms with Crippen molar-refractivity contribution in [2.45, 2.75) is 32.1 Å². The lowest BCUT2D eigenvalue weighted by Gasteiger charge is -2.25. The number of rotatable bonds is 9. The lowest BCUT2D eigenvalue weighted by Crippen LogP contribution is -2.36. The number of nitrogens with one attached hydrogen (secondary N) is 3. The molecular formula is C26H35N9. The highest BCUT2D eigenvalue weighted by molar-refractivity contribution is 6.10. The van der Waals surface area contributed by atoms with Crippen LogP contribution in [0.25, 0.3) is 16.6 Å². The molecule has 184 valence electrons. The highest BCUT2D eigenvalue weighted by Gasteiger charge is 2.16. The predicted octanol–water partition coefficient (Wildman–Crippen LogP) is 2.78. The van der Waals surface area contributed by atoms with Gasteiger partial charge in [-0.2, -0.15) is 0 Å². The standard InChI is InChI=1S/C26H35N9/c27-16-21(17-28-8-5-11-34-9-1-2-10-34)20-14-24-23(29-18-20)6-7-25(31-24)32-26-15-22(19-30-33-26)35-12-3-4-13-35/h6-7,14-19,30,33H,1-5,8-13,27H2,(H,31,32). The van der Waals surface area contributed by atoms with Gasteiger partial charge in [-0.15, -0.1) is 0 Å². The molecule has 5 N–H and O–H groups in total. The Hall–Kier alpha value is -3.59. The fraction of sp³-hybridized carbons (Fsp3) is 0.423. The molecule has 2 aromatic heterocycles. The van der Waals surface area contributed by atoms with Gasteiger partial charge in [-0.25, -0.2) is 4.98 Å². The van der Waals surface area contributed by atoms with Gasteiger partial charge in [0, 0.05) is 61.7 Å². The van der Waals surface area contributed by atoms with E-state index in [1.54, 1.807) is 6.20 Å². The summed E-state index contributed by atoms with van der Waals surface area (Å²) < 4.78 is 0. The van der Waals surface area contributed by atoms with Crippen molar-refractivity contribution in [3.63, 3.8) is 0 Å². The number of fused-ring (bicyclic) bond motifs is 1. The number of aliphatic imine (C=N–C) groups is 1. The molecule has 35 heavy (non-hydrogen) atoms. The molecular weight excluding hydrogens is 438 g/mol. The van der Waals surface area contributed by atoms with Gasteiger partial charge in [-0.3, -0.25) is 15.4 Å². The molecule has 2 aromatic rings. The van der Waals surface area contributed by atoms with Crippen LogP contribution in [0.5, 0.6) is 0 Å². The summed E-state index contributed by atoms with van der Waals surface area (Å²) in [5.41, 5.74) is 16.8. The number of anilines is 1. The average Bonchev–Trinajstić information content (AvgIpc) is 3.61. The number of hydrogen-bond acceptors (Lipinski definition) is 9. The molecule has 0 radical (unpaired) electrons. The van der Waals surface area contributed by atoms with Crippen molar-refractivity contribution < 1.29 is 0 Å². The van der Waals surface area contributed by atoms with Crippen molar-refractivity contribution in [2.24, 2.45) is 10.7 Å². The Kier molecular flexibility index (Phi) is 7.43. The van der Waals surface area contributed by atoms with Gasteiger partial charge in [0.2, 0.25) is 0 Å². The zero-order valence-electron chi connectivity index (χ0n) is 20.2. The number of pyridine rings is 2. The minimum Gasteiger partial charge on any atom is -0.404 e. The smallest absolute Gasteiger partial charge is 0.132 e. The second-order valence-electron chi connectivity index (χ2n) is 9.23. The van der Waals surface area contributed by atoms with E-state index in [4.69, 9.17) is 10.7 Å². The predicted molar refractivity (Wildman–Crippen MR) is 142 cm³/mol. The van der Waals surface area contributed by atoms with Gasteiger partial charge in [0.05, 0.1) is 16.7 Å². The van der Waals surface area contributed by atoms with Crippen LogP contribution in [0.2, 0.25) is 0 Å². The Bertz CT molecular complexity index is 1140. The van der Waals surface area contributed by atoms with Crippen LogP contribution in [-0.2, 0) is 0 Å². The highest BCUT2D eigenvalue weighted by Crippen LogP contribution is 2.21. The quantitative estimate of drug-likeness (QED) is 0.325. The number of likely N-dealkylation sites (tertiary alicyclic amines) is 2. The molecule has 9 nitrogen and oxygen atoms in total. The molecule has 0 bridgehead atoms. The number of hydrazine groups is 1. The summed E-state index contributed by atoms with van der Waals surface area (Å²) in [5.74, 6) is 1.60. The largest absolute Gasteiger partial charge is 0.404 e. The van der Waals surface area contributed by atoms with E-state index in [-0.39, 0.29) is 0 Å². The van der Waals surface area contributed by atoms with Gasteiger partial charge in [0.25, 0.3) is 0 Å². The molecule has 0 saturated carbocycles. The highest BCUT2D eigenvalue weighted by atomic mass is 15.4. The van der Waals surface area contributed by atoms with Crippen LogP contribution < -0.4 is 21.9 Å². The fourth-order valence-corrected chi connectivity index (χ4v) is 4.78. The van der Waals surface area contributed by atoms with Gasteiger partial charge in [-0.1, -0.05) is 0 Å². The first-order chi connectivity index (χ1) is 17.3. The Labute approximate surface area is 206 Å². The van der Waals surface area contributed by atoms with E-state index in [2.05, 4.69) is 42.0 Å². The third kappa shape index (κ3) is 5.92. The Morgan fingerprint density at radius 1 is 1.11 bits per heavy atom. The molecule has 5 rings (SSSR count). The van der Waals surface area contributed by atoms with E-state index in [1.165, 1.54) is 44.5 Å². The van der Waals surface area contributed by atoms with Crippen LogP contribution in [0, 0.1) is 0 Å². The first-order valence-electron chi connectivity index (χ1n) is 12.7. The van der Waals surface area contributed by atoms with E-state index in [9.17, 15) is 0 Å². The summed E-state index contributed by atoms with van der Waals surface area (Å²) >= 11 is 0. The number of hydrogen-bond donors (Lipinski definition) is 4. The van der Waals surface area contributed by atoms with Gasteiger partial charge in [0.15, 0.2) is 0 Å². The minimum absolute atomic E-state index is 0.744. The lowest BCUT2D eigenvalue weighted by molar-refractivity contribution is 0.336. The molecule has 0 atom stereocenters. The van der Waals surface area contributed by atoms with Crippen LogP contribution >= 0.6 is 0 Å². The molecule has 0 spiro atoms. The van der Waals surface area contributed by atoms with Crippen LogP contribution in [0.1, 0.15) is 37.7 Å². The van der Waals surface area contributed by atoms with E-state index >= 15 is 0 Å². The number of aromatic nitrogens is 2. The molecule has 3 aliphatic heterocycles. The van der Waals surface area contributed by atoms with E-state index < -0.39 is 0 Å². The minimum atomic E-state index is 0.744. The topological polar surface area (TPSA) is 107 Å². The Morgan fingerprint density at radius 3 is 2.77 bits per heavy atom. The van der Waals surface area contributed by atoms with Crippen LogP contribution in [0.3, 0.4) is 0 Å². The summed E-state index contributed by atoms with van der Waals surface area (Å²) in [5, 5.41) is 3.37. The summed E-state index contributed by atoms with van der Waals surface area (Å²) in [7, 11) is 0. The Morgan fingerprint density at radius 2 is 1.94 bits per heavy atom.